The summed E-state index contributed by atoms with van der Waals surface area (Å²) in [5.41, 5.74) is 5.03. The normalized spacial score (nSPS) is 11.8. The molecular weight excluding hydrogens is 287 g/mol. The van der Waals surface area contributed by atoms with Gasteiger partial charge in [-0.15, -0.1) is 0 Å². The standard InChI is InChI=1S/C12H8F3N5O/c13-12(14,15)6-2-1-3-7(4-6)21-10-8-5-17-20-9(8)18-11(16)19-10/h1-5H,(H3,16,17,18,19,20). The maximum absolute atomic E-state index is 12.7. The molecule has 2 heterocycles. The number of hydrogen-bond acceptors (Lipinski definition) is 5. The first-order valence-electron chi connectivity index (χ1n) is 5.75. The summed E-state index contributed by atoms with van der Waals surface area (Å²) < 4.78 is 43.3. The number of halogens is 3. The van der Waals surface area contributed by atoms with Crippen LogP contribution in [0.4, 0.5) is 19.1 Å². The molecule has 0 aliphatic heterocycles. The number of anilines is 1. The highest BCUT2D eigenvalue weighted by atomic mass is 19.4. The van der Waals surface area contributed by atoms with Gasteiger partial charge in [-0.1, -0.05) is 6.07 Å². The summed E-state index contributed by atoms with van der Waals surface area (Å²) in [5.74, 6) is -0.0512. The van der Waals surface area contributed by atoms with Crippen LogP contribution in [0, 0.1) is 0 Å². The van der Waals surface area contributed by atoms with E-state index in [0.29, 0.717) is 11.0 Å². The maximum atomic E-state index is 12.7. The molecule has 21 heavy (non-hydrogen) atoms. The summed E-state index contributed by atoms with van der Waals surface area (Å²) in [7, 11) is 0. The Morgan fingerprint density at radius 1 is 1.19 bits per heavy atom. The highest BCUT2D eigenvalue weighted by Gasteiger charge is 2.30. The molecular formula is C12H8F3N5O. The molecule has 0 aliphatic rings. The van der Waals surface area contributed by atoms with E-state index in [1.165, 1.54) is 18.3 Å². The lowest BCUT2D eigenvalue weighted by molar-refractivity contribution is -0.137. The molecule has 108 valence electrons. The van der Waals surface area contributed by atoms with E-state index in [2.05, 4.69) is 20.2 Å². The van der Waals surface area contributed by atoms with Crippen molar-refractivity contribution in [3.63, 3.8) is 0 Å². The Morgan fingerprint density at radius 2 is 2.00 bits per heavy atom. The zero-order valence-electron chi connectivity index (χ0n) is 10.3. The predicted octanol–water partition coefficient (Wildman–Crippen LogP) is 2.75. The highest BCUT2D eigenvalue weighted by Crippen LogP contribution is 2.33. The van der Waals surface area contributed by atoms with Crippen molar-refractivity contribution in [1.82, 2.24) is 20.2 Å². The molecule has 0 aliphatic carbocycles. The Morgan fingerprint density at radius 3 is 2.76 bits per heavy atom. The van der Waals surface area contributed by atoms with Crippen molar-refractivity contribution in [3.8, 4) is 11.6 Å². The third-order valence-electron chi connectivity index (χ3n) is 2.67. The van der Waals surface area contributed by atoms with Crippen molar-refractivity contribution in [2.75, 3.05) is 5.73 Å². The lowest BCUT2D eigenvalue weighted by Crippen LogP contribution is -2.04. The molecule has 3 aromatic rings. The van der Waals surface area contributed by atoms with Crippen molar-refractivity contribution in [3.05, 3.63) is 36.0 Å². The van der Waals surface area contributed by atoms with Crippen molar-refractivity contribution in [2.45, 2.75) is 6.18 Å². The summed E-state index contributed by atoms with van der Waals surface area (Å²) >= 11 is 0. The van der Waals surface area contributed by atoms with Gasteiger partial charge < -0.3 is 10.5 Å². The first-order valence-corrected chi connectivity index (χ1v) is 5.75. The second-order valence-corrected chi connectivity index (χ2v) is 4.15. The second-order valence-electron chi connectivity index (χ2n) is 4.15. The third-order valence-corrected chi connectivity index (χ3v) is 2.67. The molecule has 0 saturated heterocycles. The molecule has 9 heteroatoms. The van der Waals surface area contributed by atoms with Crippen molar-refractivity contribution < 1.29 is 17.9 Å². The number of nitrogen functional groups attached to an aromatic ring is 1. The average molecular weight is 295 g/mol. The van der Waals surface area contributed by atoms with Gasteiger partial charge in [-0.2, -0.15) is 28.2 Å². The molecule has 1 aromatic carbocycles. The lowest BCUT2D eigenvalue weighted by atomic mass is 10.2. The number of nitrogens with two attached hydrogens (primary N) is 1. The molecule has 0 fully saturated rings. The van der Waals surface area contributed by atoms with Gasteiger partial charge in [0, 0.05) is 0 Å². The summed E-state index contributed by atoms with van der Waals surface area (Å²) in [6.07, 6.45) is -3.05. The van der Waals surface area contributed by atoms with Gasteiger partial charge in [0.05, 0.1) is 11.8 Å². The fourth-order valence-electron chi connectivity index (χ4n) is 1.75. The molecule has 6 nitrogen and oxygen atoms in total. The Labute approximate surface area is 115 Å². The number of nitrogens with zero attached hydrogens (tertiary/aromatic N) is 3. The summed E-state index contributed by atoms with van der Waals surface area (Å²) in [6.45, 7) is 0. The smallest absolute Gasteiger partial charge is 0.416 e. The number of fused-ring (bicyclic) bond motifs is 1. The second kappa shape index (κ2) is 4.62. The molecule has 3 rings (SSSR count). The molecule has 0 amide bonds. The first kappa shape index (κ1) is 13.2. The number of H-pyrrole nitrogens is 1. The lowest BCUT2D eigenvalue weighted by Gasteiger charge is -2.10. The van der Waals surface area contributed by atoms with E-state index in [4.69, 9.17) is 10.5 Å². The SMILES string of the molecule is Nc1nc(Oc2cccc(C(F)(F)F)c2)c2cn[nH]c2n1. The van der Waals surface area contributed by atoms with E-state index in [-0.39, 0.29) is 17.6 Å². The van der Waals surface area contributed by atoms with Gasteiger partial charge in [0.15, 0.2) is 5.65 Å². The van der Waals surface area contributed by atoms with Gasteiger partial charge >= 0.3 is 6.18 Å². The number of benzene rings is 1. The minimum atomic E-state index is -4.45. The van der Waals surface area contributed by atoms with Crippen LogP contribution in [0.2, 0.25) is 0 Å². The summed E-state index contributed by atoms with van der Waals surface area (Å²) in [6, 6.07) is 4.47. The monoisotopic (exact) mass is 295 g/mol. The van der Waals surface area contributed by atoms with Gasteiger partial charge in [-0.25, -0.2) is 0 Å². The third kappa shape index (κ3) is 2.57. The predicted molar refractivity (Wildman–Crippen MR) is 67.6 cm³/mol. The highest BCUT2D eigenvalue weighted by molar-refractivity contribution is 5.80. The zero-order valence-corrected chi connectivity index (χ0v) is 10.3. The van der Waals surface area contributed by atoms with Gasteiger partial charge in [-0.3, -0.25) is 5.10 Å². The van der Waals surface area contributed by atoms with Crippen LogP contribution >= 0.6 is 0 Å². The number of aromatic nitrogens is 4. The minimum absolute atomic E-state index is 0.00887. The molecule has 0 radical (unpaired) electrons. The number of hydrogen-bond donors (Lipinski definition) is 2. The molecule has 0 saturated carbocycles. The fraction of sp³-hybridized carbons (Fsp3) is 0.0833. The van der Waals surface area contributed by atoms with E-state index < -0.39 is 11.7 Å². The number of aromatic amines is 1. The number of rotatable bonds is 2. The van der Waals surface area contributed by atoms with Crippen LogP contribution in [-0.2, 0) is 6.18 Å². The zero-order chi connectivity index (χ0) is 15.0. The topological polar surface area (TPSA) is 89.7 Å². The maximum Gasteiger partial charge on any atom is 0.416 e. The van der Waals surface area contributed by atoms with Crippen molar-refractivity contribution in [1.29, 1.82) is 0 Å². The quantitative estimate of drug-likeness (QED) is 0.758. The molecule has 0 unspecified atom stereocenters. The summed E-state index contributed by atoms with van der Waals surface area (Å²) in [5, 5.41) is 6.76. The van der Waals surface area contributed by atoms with Crippen LogP contribution in [0.25, 0.3) is 11.0 Å². The van der Waals surface area contributed by atoms with Gasteiger partial charge in [0.1, 0.15) is 11.1 Å². The van der Waals surface area contributed by atoms with E-state index in [9.17, 15) is 13.2 Å². The summed E-state index contributed by atoms with van der Waals surface area (Å²) in [4.78, 5) is 7.75. The van der Waals surface area contributed by atoms with Crippen molar-refractivity contribution in [2.24, 2.45) is 0 Å². The van der Waals surface area contributed by atoms with Crippen LogP contribution in [0.1, 0.15) is 5.56 Å². The molecule has 0 spiro atoms. The first-order chi connectivity index (χ1) is 9.93. The van der Waals surface area contributed by atoms with Crippen LogP contribution in [0.15, 0.2) is 30.5 Å². The molecule has 3 N–H and O–H groups in total. The van der Waals surface area contributed by atoms with E-state index in [0.717, 1.165) is 12.1 Å². The number of alkyl halides is 3. The Hall–Kier alpha value is -2.84. The molecule has 2 aromatic heterocycles. The van der Waals surface area contributed by atoms with Crippen LogP contribution in [0.5, 0.6) is 11.6 Å². The average Bonchev–Trinajstić information content (AvgIpc) is 2.86. The Bertz CT molecular complexity index is 799. The Balaban J connectivity index is 2.01. The number of ether oxygens (including phenoxy) is 1. The van der Waals surface area contributed by atoms with E-state index in [1.807, 2.05) is 0 Å². The van der Waals surface area contributed by atoms with Crippen LogP contribution < -0.4 is 10.5 Å². The molecule has 0 bridgehead atoms. The Kier molecular flexibility index (Phi) is 2.89. The van der Waals surface area contributed by atoms with Gasteiger partial charge in [0.2, 0.25) is 11.8 Å². The number of nitrogens with one attached hydrogen (secondary N) is 1. The molecule has 0 atom stereocenters. The fourth-order valence-corrected chi connectivity index (χ4v) is 1.75. The van der Waals surface area contributed by atoms with E-state index in [1.54, 1.807) is 0 Å². The van der Waals surface area contributed by atoms with Crippen molar-refractivity contribution >= 4 is 17.0 Å². The van der Waals surface area contributed by atoms with Gasteiger partial charge in [-0.05, 0) is 18.2 Å². The largest absolute Gasteiger partial charge is 0.438 e. The minimum Gasteiger partial charge on any atom is -0.438 e. The van der Waals surface area contributed by atoms with Crippen LogP contribution in [0.3, 0.4) is 0 Å². The van der Waals surface area contributed by atoms with E-state index >= 15 is 0 Å². The van der Waals surface area contributed by atoms with Crippen LogP contribution in [-0.4, -0.2) is 20.2 Å². The van der Waals surface area contributed by atoms with Gasteiger partial charge in [0.25, 0.3) is 0 Å².